The summed E-state index contributed by atoms with van der Waals surface area (Å²) in [5.41, 5.74) is 1.89. The number of sulfonamides is 1. The van der Waals surface area contributed by atoms with Crippen molar-refractivity contribution in [1.29, 1.82) is 0 Å². The zero-order valence-corrected chi connectivity index (χ0v) is 20.3. The summed E-state index contributed by atoms with van der Waals surface area (Å²) in [6.45, 7) is 6.24. The molecular formula is C25H29N3O5S. The van der Waals surface area contributed by atoms with Crippen molar-refractivity contribution in [2.24, 2.45) is 0 Å². The second-order valence-corrected chi connectivity index (χ2v) is 9.98. The molecule has 1 fully saturated rings. The smallest absolute Gasteiger partial charge is 0.257 e. The number of hydrogen-bond donors (Lipinski definition) is 0. The van der Waals surface area contributed by atoms with Crippen LogP contribution in [0.4, 0.5) is 0 Å². The van der Waals surface area contributed by atoms with Crippen LogP contribution >= 0.6 is 0 Å². The molecule has 1 aliphatic rings. The normalized spacial score (nSPS) is 14.9. The summed E-state index contributed by atoms with van der Waals surface area (Å²) in [6.07, 6.45) is 1.67. The topological polar surface area (TPSA) is 89.0 Å². The number of rotatable bonds is 8. The van der Waals surface area contributed by atoms with Crippen LogP contribution in [0.3, 0.4) is 0 Å². The van der Waals surface area contributed by atoms with E-state index < -0.39 is 10.0 Å². The summed E-state index contributed by atoms with van der Waals surface area (Å²) in [5.74, 6) is 0.325. The minimum atomic E-state index is -3.75. The average Bonchev–Trinajstić information content (AvgIpc) is 2.86. The van der Waals surface area contributed by atoms with E-state index >= 15 is 0 Å². The predicted octanol–water partition coefficient (Wildman–Crippen LogP) is 3.11. The van der Waals surface area contributed by atoms with Crippen LogP contribution in [0.1, 0.15) is 22.8 Å². The Balaban J connectivity index is 1.46. The number of ether oxygens (including phenoxy) is 2. The molecule has 2 heterocycles. The number of aromatic nitrogens is 1. The highest BCUT2D eigenvalue weighted by atomic mass is 32.2. The molecule has 34 heavy (non-hydrogen) atoms. The molecule has 1 saturated heterocycles. The van der Waals surface area contributed by atoms with Gasteiger partial charge in [0.05, 0.1) is 17.7 Å². The fourth-order valence-corrected chi connectivity index (χ4v) is 5.60. The number of para-hydroxylation sites is 2. The molecule has 1 aromatic heterocycles. The number of pyridine rings is 1. The maximum absolute atomic E-state index is 13.4. The number of benzene rings is 2. The zero-order chi connectivity index (χ0) is 24.1. The Labute approximate surface area is 200 Å². The summed E-state index contributed by atoms with van der Waals surface area (Å²) < 4.78 is 39.3. The van der Waals surface area contributed by atoms with Gasteiger partial charge in [-0.25, -0.2) is 8.42 Å². The lowest BCUT2D eigenvalue weighted by molar-refractivity contribution is 0.0688. The Bertz CT molecular complexity index is 1270. The lowest BCUT2D eigenvalue weighted by Gasteiger charge is -2.34. The predicted molar refractivity (Wildman–Crippen MR) is 130 cm³/mol. The molecule has 180 valence electrons. The van der Waals surface area contributed by atoms with E-state index in [1.807, 2.05) is 32.0 Å². The van der Waals surface area contributed by atoms with Crippen molar-refractivity contribution in [3.63, 3.8) is 0 Å². The number of carbonyl (C=O) groups is 1. The van der Waals surface area contributed by atoms with Gasteiger partial charge in [0.1, 0.15) is 17.3 Å². The fraction of sp³-hybridized carbons (Fsp3) is 0.360. The minimum absolute atomic E-state index is 0.175. The molecule has 0 saturated carbocycles. The van der Waals surface area contributed by atoms with Crippen LogP contribution in [-0.2, 0) is 14.8 Å². The quantitative estimate of drug-likeness (QED) is 0.458. The molecule has 0 bridgehead atoms. The molecule has 8 nitrogen and oxygen atoms in total. The number of carbonyl (C=O) groups excluding carboxylic acids is 1. The summed E-state index contributed by atoms with van der Waals surface area (Å²) >= 11 is 0. The maximum atomic E-state index is 13.4. The maximum Gasteiger partial charge on any atom is 0.257 e. The summed E-state index contributed by atoms with van der Waals surface area (Å²) in [4.78, 5) is 19.4. The average molecular weight is 484 g/mol. The summed E-state index contributed by atoms with van der Waals surface area (Å²) in [5, 5.41) is 0.788. The van der Waals surface area contributed by atoms with Crippen LogP contribution in [0.5, 0.6) is 5.75 Å². The third-order valence-electron chi connectivity index (χ3n) is 5.76. The van der Waals surface area contributed by atoms with Crippen LogP contribution in [0.2, 0.25) is 0 Å². The fourth-order valence-electron chi connectivity index (χ4n) is 4.02. The lowest BCUT2D eigenvalue weighted by atomic mass is 10.1. The molecule has 0 spiro atoms. The third-order valence-corrected chi connectivity index (χ3v) is 7.69. The number of aryl methyl sites for hydroxylation is 1. The van der Waals surface area contributed by atoms with Gasteiger partial charge in [-0.1, -0.05) is 24.3 Å². The number of fused-ring (bicyclic) bond motifs is 1. The highest BCUT2D eigenvalue weighted by Gasteiger charge is 2.32. The van der Waals surface area contributed by atoms with Gasteiger partial charge >= 0.3 is 0 Å². The lowest BCUT2D eigenvalue weighted by Crippen LogP contribution is -2.50. The molecule has 0 radical (unpaired) electrons. The first-order valence-corrected chi connectivity index (χ1v) is 12.8. The highest BCUT2D eigenvalue weighted by molar-refractivity contribution is 7.89. The van der Waals surface area contributed by atoms with E-state index in [4.69, 9.17) is 9.47 Å². The molecule has 0 unspecified atom stereocenters. The van der Waals surface area contributed by atoms with Crippen molar-refractivity contribution < 1.29 is 22.7 Å². The molecule has 1 amide bonds. The number of piperazine rings is 1. The Morgan fingerprint density at radius 1 is 1.03 bits per heavy atom. The van der Waals surface area contributed by atoms with Gasteiger partial charge < -0.3 is 14.4 Å². The monoisotopic (exact) mass is 483 g/mol. The number of hydrogen-bond acceptors (Lipinski definition) is 6. The van der Waals surface area contributed by atoms with Gasteiger partial charge in [-0.2, -0.15) is 4.31 Å². The molecule has 3 aromatic rings. The van der Waals surface area contributed by atoms with Crippen LogP contribution < -0.4 is 4.74 Å². The molecule has 4 rings (SSSR count). The van der Waals surface area contributed by atoms with E-state index in [1.54, 1.807) is 41.4 Å². The Hall–Kier alpha value is -3.01. The van der Waals surface area contributed by atoms with E-state index in [0.29, 0.717) is 49.7 Å². The number of amides is 1. The first kappa shape index (κ1) is 24.1. The first-order valence-electron chi connectivity index (χ1n) is 11.4. The van der Waals surface area contributed by atoms with Gasteiger partial charge in [0.15, 0.2) is 0 Å². The van der Waals surface area contributed by atoms with Crippen LogP contribution in [-0.4, -0.2) is 74.5 Å². The van der Waals surface area contributed by atoms with Gasteiger partial charge in [0.2, 0.25) is 10.0 Å². The van der Waals surface area contributed by atoms with Crippen molar-refractivity contribution in [2.45, 2.75) is 18.7 Å². The minimum Gasteiger partial charge on any atom is -0.490 e. The van der Waals surface area contributed by atoms with Crippen molar-refractivity contribution in [3.05, 3.63) is 65.9 Å². The third kappa shape index (κ3) is 5.06. The number of nitrogens with zero attached hydrogens (tertiary/aromatic N) is 3. The second kappa shape index (κ2) is 10.5. The zero-order valence-electron chi connectivity index (χ0n) is 19.4. The summed E-state index contributed by atoms with van der Waals surface area (Å²) in [7, 11) is -3.75. The molecule has 0 aliphatic carbocycles. The van der Waals surface area contributed by atoms with Crippen LogP contribution in [0.15, 0.2) is 59.6 Å². The van der Waals surface area contributed by atoms with Crippen molar-refractivity contribution in [1.82, 2.24) is 14.2 Å². The van der Waals surface area contributed by atoms with Crippen molar-refractivity contribution in [3.8, 4) is 5.75 Å². The van der Waals surface area contributed by atoms with Gasteiger partial charge in [-0.05, 0) is 43.7 Å². The van der Waals surface area contributed by atoms with E-state index in [-0.39, 0.29) is 23.9 Å². The standard InChI is InChI=1S/C25H29N3O5S/c1-3-32-15-16-33-22-9-5-4-8-21(22)25(29)27-11-13-28(14-12-27)34(30,31)23-10-6-7-20-17-19(2)18-26-24(20)23/h4-10,17-18H,3,11-16H2,1-2H3. The van der Waals surface area contributed by atoms with E-state index in [1.165, 1.54) is 4.31 Å². The molecular weight excluding hydrogens is 454 g/mol. The summed E-state index contributed by atoms with van der Waals surface area (Å²) in [6, 6.07) is 14.2. The van der Waals surface area contributed by atoms with E-state index in [9.17, 15) is 13.2 Å². The first-order chi connectivity index (χ1) is 16.4. The molecule has 9 heteroatoms. The van der Waals surface area contributed by atoms with E-state index in [0.717, 1.165) is 10.9 Å². The van der Waals surface area contributed by atoms with Gasteiger partial charge in [-0.3, -0.25) is 9.78 Å². The SMILES string of the molecule is CCOCCOc1ccccc1C(=O)N1CCN(S(=O)(=O)c2cccc3cc(C)cnc23)CC1. The van der Waals surface area contributed by atoms with E-state index in [2.05, 4.69) is 4.98 Å². The molecule has 2 aromatic carbocycles. The Kier molecular flexibility index (Phi) is 7.45. The molecule has 1 aliphatic heterocycles. The van der Waals surface area contributed by atoms with Gasteiger partial charge in [-0.15, -0.1) is 0 Å². The van der Waals surface area contributed by atoms with Crippen molar-refractivity contribution in [2.75, 3.05) is 46.0 Å². The van der Waals surface area contributed by atoms with Crippen molar-refractivity contribution >= 4 is 26.8 Å². The Morgan fingerprint density at radius 2 is 1.79 bits per heavy atom. The Morgan fingerprint density at radius 3 is 2.56 bits per heavy atom. The van der Waals surface area contributed by atoms with Gasteiger partial charge in [0.25, 0.3) is 5.91 Å². The van der Waals surface area contributed by atoms with Gasteiger partial charge in [0, 0.05) is 44.4 Å². The van der Waals surface area contributed by atoms with Crippen LogP contribution in [0, 0.1) is 6.92 Å². The second-order valence-electron chi connectivity index (χ2n) is 8.08. The van der Waals surface area contributed by atoms with Crippen LogP contribution in [0.25, 0.3) is 10.9 Å². The molecule has 0 atom stereocenters. The largest absolute Gasteiger partial charge is 0.490 e. The highest BCUT2D eigenvalue weighted by Crippen LogP contribution is 2.26. The molecule has 0 N–H and O–H groups in total.